The number of rotatable bonds is 3. The molecule has 2 aromatic heterocycles. The van der Waals surface area contributed by atoms with Crippen LogP contribution < -0.4 is 10.2 Å². The topological polar surface area (TPSA) is 41.3 Å². The zero-order valence-electron chi connectivity index (χ0n) is 13.5. The largest absolute Gasteiger partial charge is 0.464 e. The Hall–Kier alpha value is -2.73. The molecular weight excluding hydrogens is 337 g/mol. The van der Waals surface area contributed by atoms with Crippen molar-refractivity contribution in [3.8, 4) is 0 Å². The number of anilines is 1. The molecule has 0 saturated carbocycles. The highest BCUT2D eigenvalue weighted by atomic mass is 32.1. The fraction of sp³-hybridized carbons (Fsp3) is 0.158. The van der Waals surface area contributed by atoms with Gasteiger partial charge in [-0.15, -0.1) is 0 Å². The van der Waals surface area contributed by atoms with Crippen molar-refractivity contribution in [3.63, 3.8) is 0 Å². The van der Waals surface area contributed by atoms with E-state index in [4.69, 9.17) is 16.6 Å². The Balaban J connectivity index is 1.85. The molecule has 1 aromatic carbocycles. The highest BCUT2D eigenvalue weighted by molar-refractivity contribution is 7.80. The van der Waals surface area contributed by atoms with Crippen molar-refractivity contribution in [2.45, 2.75) is 19.0 Å². The lowest BCUT2D eigenvalue weighted by molar-refractivity contribution is 0.416. The number of nitrogens with one attached hydrogen (secondary N) is 1. The minimum absolute atomic E-state index is 0.237. The molecule has 4 nitrogen and oxygen atoms in total. The van der Waals surface area contributed by atoms with E-state index in [1.54, 1.807) is 29.3 Å². The highest BCUT2D eigenvalue weighted by Gasteiger charge is 2.43. The van der Waals surface area contributed by atoms with Crippen molar-refractivity contribution >= 4 is 23.0 Å². The van der Waals surface area contributed by atoms with E-state index < -0.39 is 0 Å². The minimum atomic E-state index is -0.332. The Morgan fingerprint density at radius 3 is 2.60 bits per heavy atom. The van der Waals surface area contributed by atoms with E-state index >= 15 is 0 Å². The van der Waals surface area contributed by atoms with Crippen molar-refractivity contribution in [1.29, 1.82) is 0 Å². The van der Waals surface area contributed by atoms with Gasteiger partial charge in [-0.3, -0.25) is 4.98 Å². The van der Waals surface area contributed by atoms with Gasteiger partial charge >= 0.3 is 0 Å². The summed E-state index contributed by atoms with van der Waals surface area (Å²) < 4.78 is 20.3. The molecular formula is C19H16FN3OS. The summed E-state index contributed by atoms with van der Waals surface area (Å²) in [5.74, 6) is 1.17. The second-order valence-corrected chi connectivity index (χ2v) is 6.28. The number of thiocarbonyl (C=S) groups is 1. The monoisotopic (exact) mass is 353 g/mol. The van der Waals surface area contributed by atoms with E-state index in [1.807, 2.05) is 37.3 Å². The molecule has 0 spiro atoms. The van der Waals surface area contributed by atoms with Gasteiger partial charge in [-0.1, -0.05) is 18.2 Å². The van der Waals surface area contributed by atoms with E-state index in [0.717, 1.165) is 11.5 Å². The van der Waals surface area contributed by atoms with Gasteiger partial charge < -0.3 is 14.6 Å². The number of aryl methyl sites for hydroxylation is 1. The Kier molecular flexibility index (Phi) is 3.97. The second-order valence-electron chi connectivity index (χ2n) is 5.90. The number of benzene rings is 1. The van der Waals surface area contributed by atoms with Crippen molar-refractivity contribution < 1.29 is 8.81 Å². The Bertz CT molecular complexity index is 912. The average Bonchev–Trinajstić information content (AvgIpc) is 3.19. The minimum Gasteiger partial charge on any atom is -0.464 e. The van der Waals surface area contributed by atoms with E-state index in [2.05, 4.69) is 10.3 Å². The summed E-state index contributed by atoms with van der Waals surface area (Å²) >= 11 is 5.52. The standard InChI is InChI=1S/C19H16FN3OS/c1-12-9-10-16(24-12)18-17(14-7-4-5-11-21-14)22-19(25)23(18)15-8-3-2-6-13(15)20/h2-11,17-18H,1H3,(H,22,25). The summed E-state index contributed by atoms with van der Waals surface area (Å²) in [5.41, 5.74) is 1.24. The molecule has 1 aliphatic rings. The van der Waals surface area contributed by atoms with Gasteiger partial charge in [0.25, 0.3) is 0 Å². The first-order valence-corrected chi connectivity index (χ1v) is 8.37. The van der Waals surface area contributed by atoms with Crippen molar-refractivity contribution in [1.82, 2.24) is 10.3 Å². The number of hydrogen-bond acceptors (Lipinski definition) is 3. The van der Waals surface area contributed by atoms with Gasteiger partial charge in [0.15, 0.2) is 5.11 Å². The number of pyridine rings is 1. The summed E-state index contributed by atoms with van der Waals surface area (Å²) in [6.07, 6.45) is 1.73. The molecule has 6 heteroatoms. The molecule has 1 aliphatic heterocycles. The van der Waals surface area contributed by atoms with Gasteiger partial charge in [0.2, 0.25) is 0 Å². The zero-order valence-corrected chi connectivity index (χ0v) is 14.3. The first kappa shape index (κ1) is 15.8. The molecule has 0 bridgehead atoms. The summed E-state index contributed by atoms with van der Waals surface area (Å²) in [7, 11) is 0. The van der Waals surface area contributed by atoms with Crippen molar-refractivity contribution in [2.24, 2.45) is 0 Å². The van der Waals surface area contributed by atoms with Gasteiger partial charge in [-0.05, 0) is 55.5 Å². The van der Waals surface area contributed by atoms with Crippen LogP contribution in [-0.4, -0.2) is 10.1 Å². The molecule has 1 N–H and O–H groups in total. The van der Waals surface area contributed by atoms with Crippen LogP contribution in [0.4, 0.5) is 10.1 Å². The van der Waals surface area contributed by atoms with Crippen molar-refractivity contribution in [2.75, 3.05) is 4.90 Å². The summed E-state index contributed by atoms with van der Waals surface area (Å²) in [5, 5.41) is 3.72. The molecule has 0 amide bonds. The van der Waals surface area contributed by atoms with Crippen molar-refractivity contribution in [3.05, 3.63) is 83.8 Å². The quantitative estimate of drug-likeness (QED) is 0.711. The van der Waals surface area contributed by atoms with Gasteiger partial charge in [0.1, 0.15) is 23.4 Å². The van der Waals surface area contributed by atoms with Crippen LogP contribution in [0, 0.1) is 12.7 Å². The molecule has 3 heterocycles. The maximum atomic E-state index is 14.5. The van der Waals surface area contributed by atoms with E-state index in [0.29, 0.717) is 16.6 Å². The fourth-order valence-corrected chi connectivity index (χ4v) is 3.50. The van der Waals surface area contributed by atoms with E-state index in [9.17, 15) is 4.39 Å². The SMILES string of the molecule is Cc1ccc(C2C(c3ccccn3)NC(=S)N2c2ccccc2F)o1. The maximum Gasteiger partial charge on any atom is 0.174 e. The van der Waals surface area contributed by atoms with Crippen LogP contribution in [0.1, 0.15) is 29.3 Å². The third-order valence-corrected chi connectivity index (χ3v) is 4.58. The number of furan rings is 1. The third-order valence-electron chi connectivity index (χ3n) is 4.26. The molecule has 25 heavy (non-hydrogen) atoms. The lowest BCUT2D eigenvalue weighted by Crippen LogP contribution is -2.30. The van der Waals surface area contributed by atoms with Crippen LogP contribution in [0.25, 0.3) is 0 Å². The van der Waals surface area contributed by atoms with Crippen LogP contribution in [0.3, 0.4) is 0 Å². The first-order chi connectivity index (χ1) is 12.1. The Morgan fingerprint density at radius 2 is 1.92 bits per heavy atom. The molecule has 2 atom stereocenters. The Labute approximate surface area is 150 Å². The predicted molar refractivity (Wildman–Crippen MR) is 97.8 cm³/mol. The van der Waals surface area contributed by atoms with Crippen LogP contribution in [-0.2, 0) is 0 Å². The molecule has 0 aliphatic carbocycles. The number of para-hydroxylation sites is 1. The maximum absolute atomic E-state index is 14.5. The summed E-state index contributed by atoms with van der Waals surface area (Å²) in [4.78, 5) is 6.21. The van der Waals surface area contributed by atoms with Crippen LogP contribution in [0.2, 0.25) is 0 Å². The molecule has 1 saturated heterocycles. The third kappa shape index (κ3) is 2.78. The van der Waals surface area contributed by atoms with Gasteiger partial charge in [-0.25, -0.2) is 4.39 Å². The molecule has 3 aromatic rings. The van der Waals surface area contributed by atoms with E-state index in [1.165, 1.54) is 6.07 Å². The summed E-state index contributed by atoms with van der Waals surface area (Å²) in [6.45, 7) is 1.88. The van der Waals surface area contributed by atoms with Crippen LogP contribution in [0.5, 0.6) is 0 Å². The molecule has 126 valence electrons. The normalized spacial score (nSPS) is 19.9. The predicted octanol–water partition coefficient (Wildman–Crippen LogP) is 4.30. The second kappa shape index (κ2) is 6.29. The van der Waals surface area contributed by atoms with E-state index in [-0.39, 0.29) is 17.9 Å². The smallest absolute Gasteiger partial charge is 0.174 e. The molecule has 1 fully saturated rings. The fourth-order valence-electron chi connectivity index (χ4n) is 3.16. The zero-order chi connectivity index (χ0) is 17.4. The first-order valence-electron chi connectivity index (χ1n) is 7.96. The number of aromatic nitrogens is 1. The number of hydrogen-bond donors (Lipinski definition) is 1. The number of halogens is 1. The Morgan fingerprint density at radius 1 is 1.12 bits per heavy atom. The lowest BCUT2D eigenvalue weighted by atomic mass is 10.0. The average molecular weight is 353 g/mol. The molecule has 4 rings (SSSR count). The lowest BCUT2D eigenvalue weighted by Gasteiger charge is -2.26. The van der Waals surface area contributed by atoms with Gasteiger partial charge in [-0.2, -0.15) is 0 Å². The van der Waals surface area contributed by atoms with Crippen LogP contribution >= 0.6 is 12.2 Å². The number of nitrogens with zero attached hydrogens (tertiary/aromatic N) is 2. The summed E-state index contributed by atoms with van der Waals surface area (Å²) in [6, 6.07) is 15.5. The molecule has 0 radical (unpaired) electrons. The molecule has 2 unspecified atom stereocenters. The van der Waals surface area contributed by atoms with Crippen LogP contribution in [0.15, 0.2) is 65.2 Å². The van der Waals surface area contributed by atoms with Gasteiger partial charge in [0, 0.05) is 6.20 Å². The van der Waals surface area contributed by atoms with Gasteiger partial charge in [0.05, 0.1) is 17.4 Å². The highest BCUT2D eigenvalue weighted by Crippen LogP contribution is 2.42.